The van der Waals surface area contributed by atoms with Crippen LogP contribution in [0.25, 0.3) is 33.1 Å². The summed E-state index contributed by atoms with van der Waals surface area (Å²) in [5.74, 6) is -0.116. The summed E-state index contributed by atoms with van der Waals surface area (Å²) in [5, 5.41) is 0.558. The molecule has 0 atom stereocenters. The first-order valence-corrected chi connectivity index (χ1v) is 12.9. The molecule has 4 heterocycles. The summed E-state index contributed by atoms with van der Waals surface area (Å²) in [5.41, 5.74) is 1.91. The van der Waals surface area contributed by atoms with Crippen molar-refractivity contribution in [2.45, 2.75) is 45.6 Å². The number of benzene rings is 1. The molecule has 188 valence electrons. The fourth-order valence-electron chi connectivity index (χ4n) is 5.28. The lowest BCUT2D eigenvalue weighted by Gasteiger charge is -2.26. The van der Waals surface area contributed by atoms with Crippen LogP contribution in [-0.4, -0.2) is 65.9 Å². The summed E-state index contributed by atoms with van der Waals surface area (Å²) in [6.07, 6.45) is 6.38. The standard InChI is InChI=1S/C27H30B2FN5O2/c1-16(2)35-24-19-14-18(22(30)21(28)23(19)32-26(29)25(24)33(3)27(35)36)17-8-9-20(31-15-17)37-13-7-12-34-10-5-4-6-11-34/h8-9,14-16H,4-7,10-13H2,1-3H3. The molecule has 1 fully saturated rings. The molecule has 7 nitrogen and oxygen atoms in total. The minimum Gasteiger partial charge on any atom is -0.478 e. The highest BCUT2D eigenvalue weighted by atomic mass is 19.1. The van der Waals surface area contributed by atoms with E-state index in [0.717, 1.165) is 26.1 Å². The van der Waals surface area contributed by atoms with Crippen molar-refractivity contribution < 1.29 is 9.13 Å². The van der Waals surface area contributed by atoms with Crippen molar-refractivity contribution in [1.29, 1.82) is 0 Å². The van der Waals surface area contributed by atoms with Crippen molar-refractivity contribution in [3.8, 4) is 17.0 Å². The van der Waals surface area contributed by atoms with Gasteiger partial charge in [0, 0.05) is 54.0 Å². The number of rotatable bonds is 7. The molecule has 0 N–H and O–H groups in total. The SMILES string of the molecule is [B]c1c(F)c(-c2ccc(OCCCN3CCCCC3)nc2)cc2c1nc([B])c1c2n(C(C)C)c(=O)n1C. The maximum absolute atomic E-state index is 15.5. The zero-order valence-electron chi connectivity index (χ0n) is 21.6. The highest BCUT2D eigenvalue weighted by molar-refractivity contribution is 6.43. The largest absolute Gasteiger partial charge is 0.478 e. The Balaban J connectivity index is 1.47. The number of likely N-dealkylation sites (tertiary alicyclic amines) is 1. The summed E-state index contributed by atoms with van der Waals surface area (Å²) in [4.78, 5) is 24.2. The maximum Gasteiger partial charge on any atom is 0.329 e. The number of halogens is 1. The molecule has 0 saturated carbocycles. The van der Waals surface area contributed by atoms with E-state index in [-0.39, 0.29) is 33.9 Å². The molecule has 4 aromatic rings. The van der Waals surface area contributed by atoms with Crippen LogP contribution in [0.3, 0.4) is 0 Å². The van der Waals surface area contributed by atoms with Crippen molar-refractivity contribution in [3.05, 3.63) is 40.7 Å². The molecular formula is C27H30B2FN5O2. The van der Waals surface area contributed by atoms with Crippen molar-refractivity contribution in [2.24, 2.45) is 7.05 Å². The van der Waals surface area contributed by atoms with Gasteiger partial charge in [-0.2, -0.15) is 0 Å². The molecule has 5 rings (SSSR count). The third-order valence-corrected chi connectivity index (χ3v) is 7.18. The first-order chi connectivity index (χ1) is 17.8. The molecule has 1 aromatic carbocycles. The molecule has 37 heavy (non-hydrogen) atoms. The van der Waals surface area contributed by atoms with E-state index < -0.39 is 5.82 Å². The lowest BCUT2D eigenvalue weighted by Crippen LogP contribution is -2.31. The second-order valence-electron chi connectivity index (χ2n) is 10.0. The van der Waals surface area contributed by atoms with Gasteiger partial charge in [-0.15, -0.1) is 0 Å². The van der Waals surface area contributed by atoms with E-state index in [1.807, 2.05) is 13.8 Å². The van der Waals surface area contributed by atoms with Crippen LogP contribution in [-0.2, 0) is 7.05 Å². The zero-order valence-corrected chi connectivity index (χ0v) is 21.6. The minimum atomic E-state index is -0.606. The fourth-order valence-corrected chi connectivity index (χ4v) is 5.28. The topological polar surface area (TPSA) is 65.2 Å². The van der Waals surface area contributed by atoms with Gasteiger partial charge < -0.3 is 9.64 Å². The lowest BCUT2D eigenvalue weighted by atomic mass is 9.87. The van der Waals surface area contributed by atoms with Gasteiger partial charge in [0.2, 0.25) is 5.88 Å². The van der Waals surface area contributed by atoms with Crippen LogP contribution in [0.5, 0.6) is 5.88 Å². The smallest absolute Gasteiger partial charge is 0.329 e. The van der Waals surface area contributed by atoms with Gasteiger partial charge in [-0.25, -0.2) is 14.2 Å². The number of imidazole rings is 1. The highest BCUT2D eigenvalue weighted by Gasteiger charge is 2.22. The van der Waals surface area contributed by atoms with Crippen LogP contribution in [0, 0.1) is 5.82 Å². The summed E-state index contributed by atoms with van der Waals surface area (Å²) in [6, 6.07) is 5.02. The second-order valence-corrected chi connectivity index (χ2v) is 10.0. The Bertz CT molecular complexity index is 1510. The quantitative estimate of drug-likeness (QED) is 0.290. The molecule has 3 aromatic heterocycles. The number of aryl methyl sites for hydroxylation is 1. The Morgan fingerprint density at radius 1 is 1.14 bits per heavy atom. The number of aromatic nitrogens is 4. The number of nitrogens with zero attached hydrogens (tertiary/aromatic N) is 5. The van der Waals surface area contributed by atoms with Crippen LogP contribution in [0.1, 0.15) is 45.6 Å². The Hall–Kier alpha value is -3.13. The van der Waals surface area contributed by atoms with Gasteiger partial charge in [-0.1, -0.05) is 6.42 Å². The molecule has 0 aliphatic carbocycles. The molecule has 0 spiro atoms. The van der Waals surface area contributed by atoms with Crippen molar-refractivity contribution >= 4 is 48.7 Å². The third kappa shape index (κ3) is 4.67. The molecule has 0 unspecified atom stereocenters. The van der Waals surface area contributed by atoms with Gasteiger partial charge in [0.15, 0.2) is 0 Å². The van der Waals surface area contributed by atoms with Gasteiger partial charge >= 0.3 is 5.69 Å². The third-order valence-electron chi connectivity index (χ3n) is 7.18. The summed E-state index contributed by atoms with van der Waals surface area (Å²) < 4.78 is 24.4. The van der Waals surface area contributed by atoms with Gasteiger partial charge in [0.1, 0.15) is 21.5 Å². The number of hydrogen-bond donors (Lipinski definition) is 0. The molecular weight excluding hydrogens is 467 g/mol. The molecule has 1 saturated heterocycles. The Morgan fingerprint density at radius 2 is 1.89 bits per heavy atom. The lowest BCUT2D eigenvalue weighted by molar-refractivity contribution is 0.203. The minimum absolute atomic E-state index is 0.120. The highest BCUT2D eigenvalue weighted by Crippen LogP contribution is 2.30. The predicted octanol–water partition coefficient (Wildman–Crippen LogP) is 2.51. The van der Waals surface area contributed by atoms with Gasteiger partial charge in [-0.05, 0) is 63.8 Å². The van der Waals surface area contributed by atoms with Crippen molar-refractivity contribution in [1.82, 2.24) is 24.0 Å². The Morgan fingerprint density at radius 3 is 2.57 bits per heavy atom. The number of fused-ring (bicyclic) bond motifs is 3. The van der Waals surface area contributed by atoms with Crippen LogP contribution < -0.4 is 21.5 Å². The van der Waals surface area contributed by atoms with Gasteiger partial charge in [-0.3, -0.25) is 14.1 Å². The van der Waals surface area contributed by atoms with Crippen LogP contribution in [0.4, 0.5) is 4.39 Å². The van der Waals surface area contributed by atoms with E-state index in [1.54, 1.807) is 36.0 Å². The number of piperidine rings is 1. The predicted molar refractivity (Wildman–Crippen MR) is 147 cm³/mol. The number of hydrogen-bond acceptors (Lipinski definition) is 5. The molecule has 10 heteroatoms. The van der Waals surface area contributed by atoms with Crippen LogP contribution >= 0.6 is 0 Å². The van der Waals surface area contributed by atoms with E-state index in [1.165, 1.54) is 23.8 Å². The van der Waals surface area contributed by atoms with Crippen LogP contribution in [0.2, 0.25) is 0 Å². The van der Waals surface area contributed by atoms with E-state index in [0.29, 0.717) is 34.5 Å². The first kappa shape index (κ1) is 25.5. The molecule has 0 amide bonds. The summed E-state index contributed by atoms with van der Waals surface area (Å²) in [6.45, 7) is 7.74. The Kier molecular flexibility index (Phi) is 7.12. The number of pyridine rings is 2. The monoisotopic (exact) mass is 497 g/mol. The van der Waals surface area contributed by atoms with Crippen LogP contribution in [0.15, 0.2) is 29.2 Å². The van der Waals surface area contributed by atoms with E-state index >= 15 is 4.39 Å². The van der Waals surface area contributed by atoms with Crippen molar-refractivity contribution in [2.75, 3.05) is 26.2 Å². The number of ether oxygens (including phenoxy) is 1. The Labute approximate surface area is 218 Å². The zero-order chi connectivity index (χ0) is 26.3. The molecule has 1 aliphatic heterocycles. The molecule has 4 radical (unpaired) electrons. The first-order valence-electron chi connectivity index (χ1n) is 12.9. The maximum atomic E-state index is 15.5. The summed E-state index contributed by atoms with van der Waals surface area (Å²) >= 11 is 0. The molecule has 0 bridgehead atoms. The fraction of sp³-hybridized carbons (Fsp3) is 0.444. The van der Waals surface area contributed by atoms with Gasteiger partial charge in [0.25, 0.3) is 0 Å². The average molecular weight is 497 g/mol. The normalized spacial score (nSPS) is 14.7. The summed E-state index contributed by atoms with van der Waals surface area (Å²) in [7, 11) is 14.1. The van der Waals surface area contributed by atoms with E-state index in [2.05, 4.69) is 14.9 Å². The van der Waals surface area contributed by atoms with Crippen molar-refractivity contribution in [3.63, 3.8) is 0 Å². The second kappa shape index (κ2) is 10.3. The van der Waals surface area contributed by atoms with E-state index in [9.17, 15) is 4.79 Å². The van der Waals surface area contributed by atoms with Gasteiger partial charge in [0.05, 0.1) is 23.2 Å². The molecule has 1 aliphatic rings. The average Bonchev–Trinajstić information content (AvgIpc) is 3.17. The van der Waals surface area contributed by atoms with E-state index in [4.69, 9.17) is 20.4 Å².